The van der Waals surface area contributed by atoms with Crippen molar-refractivity contribution in [1.29, 1.82) is 0 Å². The van der Waals surface area contributed by atoms with Crippen molar-refractivity contribution in [2.24, 2.45) is 17.8 Å². The van der Waals surface area contributed by atoms with Gasteiger partial charge in [0.2, 0.25) is 0 Å². The third kappa shape index (κ3) is 22.6. The minimum atomic E-state index is -0.500. The Kier molecular flexibility index (Phi) is 31.9. The van der Waals surface area contributed by atoms with Crippen LogP contribution in [-0.4, -0.2) is 109 Å². The van der Waals surface area contributed by atoms with E-state index < -0.39 is 53.6 Å². The van der Waals surface area contributed by atoms with E-state index in [1.165, 1.54) is 59.3 Å². The monoisotopic (exact) mass is 1440 g/mol. The van der Waals surface area contributed by atoms with Crippen molar-refractivity contribution in [1.82, 2.24) is 16.0 Å². The SMILES string of the molecule is COC(=O)C1=C(C)NC(C)=C(C(=O)OC)C1Cc1cc(C)c(O)c(C)c1.COC(=O)C1=C(C)NC(C)=C(C(=O)OC)C1Cc1cc(C)c(O)c(C)c1.COC(=O)C1=C(C)NC(C)=C(C(=O)OC)C1Cc1cc(C)c(O)c(C)c1.Cc1cc(C)c(O)c(C)c1.Cc1ccc(O)c(C)c1.Cc1ccc(O)cc1. The number of allylic oxidation sites excluding steroid dienone is 6. The van der Waals surface area contributed by atoms with Gasteiger partial charge in [-0.1, -0.05) is 89.5 Å². The molecule has 9 N–H and O–H groups in total. The van der Waals surface area contributed by atoms with Crippen molar-refractivity contribution in [3.8, 4) is 34.5 Å². The minimum Gasteiger partial charge on any atom is -0.508 e. The maximum absolute atomic E-state index is 12.4. The van der Waals surface area contributed by atoms with Crippen LogP contribution in [0.3, 0.4) is 0 Å². The summed E-state index contributed by atoms with van der Waals surface area (Å²) in [5, 5.41) is 66.4. The number of hydrogen-bond acceptors (Lipinski definition) is 21. The van der Waals surface area contributed by atoms with Crippen molar-refractivity contribution >= 4 is 35.8 Å². The summed E-state index contributed by atoms with van der Waals surface area (Å²) in [6.45, 7) is 33.3. The number of rotatable bonds is 12. The third-order valence-electron chi connectivity index (χ3n) is 18.1. The predicted molar refractivity (Wildman–Crippen MR) is 405 cm³/mol. The highest BCUT2D eigenvalue weighted by Gasteiger charge is 2.40. The van der Waals surface area contributed by atoms with Gasteiger partial charge in [-0.15, -0.1) is 0 Å². The van der Waals surface area contributed by atoms with Crippen LogP contribution in [0, 0.1) is 101 Å². The molecule has 21 nitrogen and oxygen atoms in total. The zero-order valence-electron chi connectivity index (χ0n) is 65.1. The van der Waals surface area contributed by atoms with Crippen LogP contribution in [0.25, 0.3) is 0 Å². The average Bonchev–Trinajstić information content (AvgIpc) is 0.787. The summed E-state index contributed by atoms with van der Waals surface area (Å²) < 4.78 is 29.6. The Labute approximate surface area is 617 Å². The van der Waals surface area contributed by atoms with Crippen LogP contribution in [0.1, 0.15) is 125 Å². The van der Waals surface area contributed by atoms with Gasteiger partial charge in [0.15, 0.2) is 0 Å². The number of nitrogens with one attached hydrogen (secondary N) is 3. The Morgan fingerprint density at radius 1 is 0.276 bits per heavy atom. The molecule has 0 spiro atoms. The Morgan fingerprint density at radius 2 is 0.476 bits per heavy atom. The van der Waals surface area contributed by atoms with Gasteiger partial charge >= 0.3 is 35.8 Å². The summed E-state index contributed by atoms with van der Waals surface area (Å²) in [5.41, 5.74) is 19.9. The Hall–Kier alpha value is -11.2. The molecule has 0 unspecified atom stereocenters. The number of aromatic hydroxyl groups is 6. The zero-order valence-corrected chi connectivity index (χ0v) is 65.1. The van der Waals surface area contributed by atoms with Crippen LogP contribution in [0.4, 0.5) is 0 Å². The summed E-state index contributed by atoms with van der Waals surface area (Å²) in [6.07, 6.45) is 1.23. The van der Waals surface area contributed by atoms with Gasteiger partial charge < -0.3 is 75.0 Å². The van der Waals surface area contributed by atoms with Gasteiger partial charge in [0.05, 0.1) is 76.1 Å². The van der Waals surface area contributed by atoms with Crippen molar-refractivity contribution < 1.29 is 87.8 Å². The maximum atomic E-state index is 12.4. The molecule has 0 aliphatic carbocycles. The molecule has 0 bridgehead atoms. The molecule has 3 aliphatic heterocycles. The van der Waals surface area contributed by atoms with Gasteiger partial charge in [-0.3, -0.25) is 0 Å². The number of ether oxygens (including phenoxy) is 6. The molecule has 9 rings (SSSR count). The standard InChI is InChI=1S/3C20H25NO5.C9H12O.C8H10O.C7H8O/c3*1-10-7-14(8-11(2)18(10)22)9-15-16(19(23)25-5)12(3)21-13(4)17(15)20(24)26-6;1-6-4-7(2)9(10)8(3)5-6;1-6-3-4-8(9)7(2)5-6;1-6-2-4-7(8)5-3-6/h3*7-8,15,21-22H,9H2,1-6H3;4-5,10H,1-3H3;3-5,9H,1-2H3;2-5,8H,1H3. The molecule has 105 heavy (non-hydrogen) atoms. The summed E-state index contributed by atoms with van der Waals surface area (Å²) >= 11 is 0. The second-order valence-corrected chi connectivity index (χ2v) is 26.4. The molecule has 0 saturated heterocycles. The first-order chi connectivity index (χ1) is 49.2. The summed E-state index contributed by atoms with van der Waals surface area (Å²) in [7, 11) is 7.90. The maximum Gasteiger partial charge on any atom is 0.336 e. The van der Waals surface area contributed by atoms with Crippen LogP contribution in [0.15, 0.2) is 159 Å². The van der Waals surface area contributed by atoms with Crippen molar-refractivity contribution in [2.45, 2.75) is 144 Å². The first-order valence-corrected chi connectivity index (χ1v) is 33.9. The number of phenols is 6. The summed E-state index contributed by atoms with van der Waals surface area (Å²) in [6, 6.07) is 27.8. The van der Waals surface area contributed by atoms with Crippen LogP contribution in [-0.2, 0) is 76.5 Å². The van der Waals surface area contributed by atoms with Gasteiger partial charge in [0, 0.05) is 51.9 Å². The smallest absolute Gasteiger partial charge is 0.336 e. The van der Waals surface area contributed by atoms with Gasteiger partial charge in [-0.2, -0.15) is 0 Å². The molecule has 0 aromatic heterocycles. The second-order valence-electron chi connectivity index (χ2n) is 26.4. The molecule has 3 heterocycles. The molecule has 6 aromatic carbocycles. The van der Waals surface area contributed by atoms with Gasteiger partial charge in [0.1, 0.15) is 34.5 Å². The van der Waals surface area contributed by atoms with E-state index in [1.54, 1.807) is 59.7 Å². The number of hydrogen-bond donors (Lipinski definition) is 9. The van der Waals surface area contributed by atoms with Crippen LogP contribution in [0.2, 0.25) is 0 Å². The first kappa shape index (κ1) is 86.2. The van der Waals surface area contributed by atoms with Gasteiger partial charge in [-0.05, 0) is 229 Å². The summed E-state index contributed by atoms with van der Waals surface area (Å²) in [5.74, 6) is -2.54. The molecule has 21 heteroatoms. The van der Waals surface area contributed by atoms with Crippen molar-refractivity contribution in [3.05, 3.63) is 242 Å². The Bertz CT molecular complexity index is 3890. The van der Waals surface area contributed by atoms with E-state index in [4.69, 9.17) is 38.6 Å². The lowest BCUT2D eigenvalue weighted by Gasteiger charge is -2.30. The van der Waals surface area contributed by atoms with E-state index in [-0.39, 0.29) is 17.2 Å². The molecular weight excluding hydrogens is 1340 g/mol. The van der Waals surface area contributed by atoms with Crippen molar-refractivity contribution in [2.75, 3.05) is 42.7 Å². The highest BCUT2D eigenvalue weighted by Crippen LogP contribution is 2.39. The van der Waals surface area contributed by atoms with Gasteiger partial charge in [-0.25, -0.2) is 28.8 Å². The zero-order chi connectivity index (χ0) is 79.3. The van der Waals surface area contributed by atoms with E-state index >= 15 is 0 Å². The van der Waals surface area contributed by atoms with E-state index in [0.717, 1.165) is 66.8 Å². The molecule has 0 amide bonds. The topological polar surface area (TPSA) is 315 Å². The van der Waals surface area contributed by atoms with E-state index in [1.807, 2.05) is 156 Å². The highest BCUT2D eigenvalue weighted by atomic mass is 16.5. The second kappa shape index (κ2) is 38.9. The van der Waals surface area contributed by atoms with Crippen LogP contribution in [0.5, 0.6) is 34.5 Å². The minimum absolute atomic E-state index is 0.249. The molecule has 0 atom stereocenters. The number of benzene rings is 6. The molecule has 0 saturated carbocycles. The number of phenolic OH excluding ortho intramolecular Hbond substituents is 6. The van der Waals surface area contributed by atoms with E-state index in [0.29, 0.717) is 104 Å². The molecule has 0 radical (unpaired) electrons. The van der Waals surface area contributed by atoms with Crippen molar-refractivity contribution in [3.63, 3.8) is 0 Å². The molecular formula is C84H105N3O18. The fourth-order valence-electron chi connectivity index (χ4n) is 13.0. The van der Waals surface area contributed by atoms with Crippen LogP contribution < -0.4 is 16.0 Å². The number of carbonyl (C=O) groups excluding carboxylic acids is 6. The first-order valence-electron chi connectivity index (χ1n) is 33.9. The highest BCUT2D eigenvalue weighted by molar-refractivity contribution is 6.00. The normalized spacial score (nSPS) is 13.6. The Morgan fingerprint density at radius 3 is 0.667 bits per heavy atom. The molecule has 0 fully saturated rings. The predicted octanol–water partition coefficient (Wildman–Crippen LogP) is 14.0. The average molecular weight is 1440 g/mol. The van der Waals surface area contributed by atoms with E-state index in [2.05, 4.69) is 16.0 Å². The lowest BCUT2D eigenvalue weighted by atomic mass is 9.80. The largest absolute Gasteiger partial charge is 0.508 e. The fraction of sp³-hybridized carbons (Fsp3) is 0.357. The summed E-state index contributed by atoms with van der Waals surface area (Å²) in [4.78, 5) is 74.4. The molecule has 564 valence electrons. The number of esters is 6. The number of dihydropyridines is 3. The number of carbonyl (C=O) groups is 6. The number of aryl methyl sites for hydroxylation is 12. The van der Waals surface area contributed by atoms with Gasteiger partial charge in [0.25, 0.3) is 0 Å². The van der Waals surface area contributed by atoms with E-state index in [9.17, 15) is 49.2 Å². The Balaban J connectivity index is 0.000000282. The molecule has 6 aromatic rings. The third-order valence-corrected chi connectivity index (χ3v) is 18.1. The lowest BCUT2D eigenvalue weighted by molar-refractivity contribution is -0.139. The quantitative estimate of drug-likeness (QED) is 0.0406. The fourth-order valence-corrected chi connectivity index (χ4v) is 13.0. The van der Waals surface area contributed by atoms with Crippen LogP contribution >= 0.6 is 0 Å². The number of methoxy groups -OCH3 is 6. The lowest BCUT2D eigenvalue weighted by Crippen LogP contribution is -2.34. The molecule has 3 aliphatic rings.